The van der Waals surface area contributed by atoms with E-state index in [4.69, 9.17) is 16.3 Å². The van der Waals surface area contributed by atoms with Gasteiger partial charge in [0.1, 0.15) is 0 Å². The van der Waals surface area contributed by atoms with Crippen LogP contribution in [-0.2, 0) is 9.53 Å². The fraction of sp³-hybridized carbons (Fsp3) is 0.188. The second-order valence-corrected chi connectivity index (χ2v) is 4.94. The number of benzene rings is 2. The van der Waals surface area contributed by atoms with Crippen molar-refractivity contribution in [3.8, 4) is 0 Å². The van der Waals surface area contributed by atoms with E-state index in [0.29, 0.717) is 5.02 Å². The van der Waals surface area contributed by atoms with Gasteiger partial charge in [-0.3, -0.25) is 4.79 Å². The van der Waals surface area contributed by atoms with Crippen LogP contribution < -0.4 is 5.32 Å². The Hall–Kier alpha value is -2.00. The molecule has 0 aliphatic heterocycles. The first-order valence-electron chi connectivity index (χ1n) is 6.30. The van der Waals surface area contributed by atoms with Crippen LogP contribution in [0.4, 0.5) is 11.4 Å². The summed E-state index contributed by atoms with van der Waals surface area (Å²) in [5, 5.41) is 3.97. The van der Waals surface area contributed by atoms with Crippen LogP contribution in [-0.4, -0.2) is 13.1 Å². The minimum Gasteiger partial charge on any atom is -0.469 e. The zero-order valence-corrected chi connectivity index (χ0v) is 12.1. The highest BCUT2D eigenvalue weighted by Crippen LogP contribution is 2.22. The minimum atomic E-state index is -0.260. The van der Waals surface area contributed by atoms with Gasteiger partial charge in [-0.25, -0.2) is 0 Å². The van der Waals surface area contributed by atoms with E-state index in [0.717, 1.165) is 16.9 Å². The summed E-state index contributed by atoms with van der Waals surface area (Å²) < 4.78 is 4.74. The highest BCUT2D eigenvalue weighted by molar-refractivity contribution is 6.30. The number of hydrogen-bond donors (Lipinski definition) is 1. The highest BCUT2D eigenvalue weighted by Gasteiger charge is 2.14. The van der Waals surface area contributed by atoms with Crippen LogP contribution >= 0.6 is 11.6 Å². The monoisotopic (exact) mass is 289 g/mol. The van der Waals surface area contributed by atoms with Crippen molar-refractivity contribution in [2.24, 2.45) is 0 Å². The number of ether oxygens (including phenoxy) is 1. The number of anilines is 2. The minimum absolute atomic E-state index is 0.233. The largest absolute Gasteiger partial charge is 0.469 e. The smallest absolute Gasteiger partial charge is 0.312 e. The quantitative estimate of drug-likeness (QED) is 0.850. The second-order valence-electron chi connectivity index (χ2n) is 4.50. The molecule has 0 saturated carbocycles. The van der Waals surface area contributed by atoms with E-state index in [-0.39, 0.29) is 11.9 Å². The number of methoxy groups -OCH3 is 1. The lowest BCUT2D eigenvalue weighted by Crippen LogP contribution is -2.10. The lowest BCUT2D eigenvalue weighted by atomic mass is 10.0. The SMILES string of the molecule is COC(=O)C(C)c1ccc(Nc2ccc(Cl)cc2)cc1. The molecule has 1 unspecified atom stereocenters. The van der Waals surface area contributed by atoms with E-state index in [2.05, 4.69) is 5.32 Å². The van der Waals surface area contributed by atoms with Gasteiger partial charge < -0.3 is 10.1 Å². The molecule has 2 aromatic carbocycles. The molecule has 3 nitrogen and oxygen atoms in total. The van der Waals surface area contributed by atoms with Crippen LogP contribution in [0.2, 0.25) is 5.02 Å². The Labute approximate surface area is 123 Å². The van der Waals surface area contributed by atoms with Gasteiger partial charge in [-0.05, 0) is 48.9 Å². The molecule has 0 amide bonds. The van der Waals surface area contributed by atoms with Gasteiger partial charge in [0.05, 0.1) is 13.0 Å². The second kappa shape index (κ2) is 6.44. The third kappa shape index (κ3) is 3.52. The summed E-state index contributed by atoms with van der Waals surface area (Å²) in [6.07, 6.45) is 0. The van der Waals surface area contributed by atoms with E-state index in [9.17, 15) is 4.79 Å². The number of carbonyl (C=O) groups excluding carboxylic acids is 1. The molecule has 0 aromatic heterocycles. The number of esters is 1. The summed E-state index contributed by atoms with van der Waals surface area (Å²) in [7, 11) is 1.40. The van der Waals surface area contributed by atoms with Crippen LogP contribution in [0.3, 0.4) is 0 Å². The van der Waals surface area contributed by atoms with Crippen LogP contribution in [0.1, 0.15) is 18.4 Å². The molecule has 0 saturated heterocycles. The van der Waals surface area contributed by atoms with Crippen LogP contribution in [0.15, 0.2) is 48.5 Å². The van der Waals surface area contributed by atoms with Gasteiger partial charge in [0.2, 0.25) is 0 Å². The molecule has 0 fully saturated rings. The molecule has 2 aromatic rings. The van der Waals surface area contributed by atoms with Gasteiger partial charge in [0.25, 0.3) is 0 Å². The molecule has 0 aliphatic carbocycles. The summed E-state index contributed by atoms with van der Waals surface area (Å²) in [5.74, 6) is -0.493. The molecule has 2 rings (SSSR count). The Morgan fingerprint density at radius 2 is 1.55 bits per heavy atom. The summed E-state index contributed by atoms with van der Waals surface area (Å²) in [4.78, 5) is 11.5. The van der Waals surface area contributed by atoms with Gasteiger partial charge in [0.15, 0.2) is 0 Å². The Balaban J connectivity index is 2.08. The van der Waals surface area contributed by atoms with E-state index in [1.807, 2.05) is 55.5 Å². The Morgan fingerprint density at radius 1 is 1.05 bits per heavy atom. The van der Waals surface area contributed by atoms with Crippen molar-refractivity contribution in [3.05, 3.63) is 59.1 Å². The number of hydrogen-bond acceptors (Lipinski definition) is 3. The van der Waals surface area contributed by atoms with Gasteiger partial charge in [-0.1, -0.05) is 23.7 Å². The third-order valence-electron chi connectivity index (χ3n) is 3.10. The first-order chi connectivity index (χ1) is 9.60. The average molecular weight is 290 g/mol. The molecule has 4 heteroatoms. The van der Waals surface area contributed by atoms with Gasteiger partial charge >= 0.3 is 5.97 Å². The molecule has 1 N–H and O–H groups in total. The van der Waals surface area contributed by atoms with Crippen molar-refractivity contribution < 1.29 is 9.53 Å². The van der Waals surface area contributed by atoms with E-state index in [1.165, 1.54) is 7.11 Å². The molecule has 0 aliphatic rings. The van der Waals surface area contributed by atoms with Crippen molar-refractivity contribution in [1.29, 1.82) is 0 Å². The molecule has 0 bridgehead atoms. The lowest BCUT2D eigenvalue weighted by molar-refractivity contribution is -0.141. The fourth-order valence-electron chi connectivity index (χ4n) is 1.87. The molecule has 1 atom stereocenters. The van der Waals surface area contributed by atoms with Gasteiger partial charge in [-0.15, -0.1) is 0 Å². The molecular formula is C16H16ClNO2. The Kier molecular flexibility index (Phi) is 4.64. The molecule has 104 valence electrons. The average Bonchev–Trinajstić information content (AvgIpc) is 2.49. The van der Waals surface area contributed by atoms with Gasteiger partial charge in [0, 0.05) is 16.4 Å². The maximum atomic E-state index is 11.5. The van der Waals surface area contributed by atoms with Crippen molar-refractivity contribution >= 4 is 28.9 Å². The number of rotatable bonds is 4. The van der Waals surface area contributed by atoms with E-state index >= 15 is 0 Å². The number of nitrogens with one attached hydrogen (secondary N) is 1. The van der Waals surface area contributed by atoms with E-state index in [1.54, 1.807) is 0 Å². The maximum absolute atomic E-state index is 11.5. The highest BCUT2D eigenvalue weighted by atomic mass is 35.5. The molecular weight excluding hydrogens is 274 g/mol. The van der Waals surface area contributed by atoms with Crippen LogP contribution in [0.5, 0.6) is 0 Å². The van der Waals surface area contributed by atoms with Crippen LogP contribution in [0, 0.1) is 0 Å². The lowest BCUT2D eigenvalue weighted by Gasteiger charge is -2.11. The molecule has 20 heavy (non-hydrogen) atoms. The predicted molar refractivity (Wildman–Crippen MR) is 81.6 cm³/mol. The Morgan fingerprint density at radius 3 is 2.05 bits per heavy atom. The number of halogens is 1. The van der Waals surface area contributed by atoms with Gasteiger partial charge in [-0.2, -0.15) is 0 Å². The molecule has 0 spiro atoms. The number of carbonyl (C=O) groups is 1. The first kappa shape index (κ1) is 14.4. The molecule has 0 radical (unpaired) electrons. The fourth-order valence-corrected chi connectivity index (χ4v) is 1.99. The zero-order chi connectivity index (χ0) is 14.5. The summed E-state index contributed by atoms with van der Waals surface area (Å²) in [5.41, 5.74) is 2.84. The zero-order valence-electron chi connectivity index (χ0n) is 11.4. The standard InChI is InChI=1S/C16H16ClNO2/c1-11(16(19)20-2)12-3-7-14(8-4-12)18-15-9-5-13(17)6-10-15/h3-11,18H,1-2H3. The van der Waals surface area contributed by atoms with Crippen molar-refractivity contribution in [3.63, 3.8) is 0 Å². The first-order valence-corrected chi connectivity index (χ1v) is 6.68. The van der Waals surface area contributed by atoms with Crippen molar-refractivity contribution in [2.45, 2.75) is 12.8 Å². The predicted octanol–water partition coefficient (Wildman–Crippen LogP) is 4.36. The molecule has 0 heterocycles. The summed E-state index contributed by atoms with van der Waals surface area (Å²) in [6, 6.07) is 15.2. The normalized spacial score (nSPS) is 11.8. The van der Waals surface area contributed by atoms with E-state index < -0.39 is 0 Å². The third-order valence-corrected chi connectivity index (χ3v) is 3.35. The summed E-state index contributed by atoms with van der Waals surface area (Å²) in [6.45, 7) is 1.83. The van der Waals surface area contributed by atoms with Crippen LogP contribution in [0.25, 0.3) is 0 Å². The topological polar surface area (TPSA) is 38.3 Å². The van der Waals surface area contributed by atoms with Crippen molar-refractivity contribution in [2.75, 3.05) is 12.4 Å². The Bertz CT molecular complexity index is 578. The summed E-state index contributed by atoms with van der Waals surface area (Å²) >= 11 is 5.84. The maximum Gasteiger partial charge on any atom is 0.312 e. The van der Waals surface area contributed by atoms with Crippen molar-refractivity contribution in [1.82, 2.24) is 0 Å².